The zero-order valence-electron chi connectivity index (χ0n) is 10.2. The molecular weight excluding hydrogens is 242 g/mol. The summed E-state index contributed by atoms with van der Waals surface area (Å²) in [5, 5.41) is 4.88. The fourth-order valence-electron chi connectivity index (χ4n) is 1.99. The quantitative estimate of drug-likeness (QED) is 0.740. The number of carbonyl (C=O) groups is 2. The maximum Gasteiger partial charge on any atom is 0.321 e. The van der Waals surface area contributed by atoms with Gasteiger partial charge in [0.2, 0.25) is 5.91 Å². The first-order valence-corrected chi connectivity index (χ1v) is 6.54. The summed E-state index contributed by atoms with van der Waals surface area (Å²) in [5.74, 6) is -0.678. The number of urea groups is 1. The Morgan fingerprint density at radius 2 is 1.94 bits per heavy atom. The number of rotatable bonds is 4. The summed E-state index contributed by atoms with van der Waals surface area (Å²) < 4.78 is 0. The summed E-state index contributed by atoms with van der Waals surface area (Å²) in [7, 11) is 0. The number of nitrogens with zero attached hydrogens (tertiary/aromatic N) is 1. The van der Waals surface area contributed by atoms with Crippen LogP contribution in [0.5, 0.6) is 0 Å². The van der Waals surface area contributed by atoms with E-state index in [0.717, 1.165) is 19.6 Å². The summed E-state index contributed by atoms with van der Waals surface area (Å²) >= 11 is 5.29. The number of likely N-dealkylation sites (tertiary alicyclic amines) is 1. The number of amides is 3. The van der Waals surface area contributed by atoms with Gasteiger partial charge in [0.15, 0.2) is 0 Å². The van der Waals surface area contributed by atoms with Crippen molar-refractivity contribution in [2.45, 2.75) is 32.2 Å². The van der Waals surface area contributed by atoms with E-state index in [4.69, 9.17) is 11.6 Å². The van der Waals surface area contributed by atoms with E-state index in [0.29, 0.717) is 0 Å². The SMILES string of the molecule is CC(CN1CCCCC1)NC(=O)NC(=O)CCl. The van der Waals surface area contributed by atoms with Crippen molar-refractivity contribution in [3.63, 3.8) is 0 Å². The maximum absolute atomic E-state index is 11.3. The van der Waals surface area contributed by atoms with Crippen LogP contribution in [0.25, 0.3) is 0 Å². The van der Waals surface area contributed by atoms with Gasteiger partial charge in [0.25, 0.3) is 0 Å². The summed E-state index contributed by atoms with van der Waals surface area (Å²) in [5.41, 5.74) is 0. The molecule has 2 N–H and O–H groups in total. The molecule has 0 aromatic rings. The topological polar surface area (TPSA) is 61.4 Å². The highest BCUT2D eigenvalue weighted by Crippen LogP contribution is 2.08. The lowest BCUT2D eigenvalue weighted by atomic mass is 10.1. The van der Waals surface area contributed by atoms with E-state index in [1.807, 2.05) is 6.92 Å². The third-order valence-electron chi connectivity index (χ3n) is 2.73. The van der Waals surface area contributed by atoms with Gasteiger partial charge in [0.05, 0.1) is 0 Å². The Balaban J connectivity index is 2.21. The molecule has 1 aliphatic heterocycles. The summed E-state index contributed by atoms with van der Waals surface area (Å²) in [6.07, 6.45) is 3.75. The van der Waals surface area contributed by atoms with Crippen LogP contribution in [0, 0.1) is 0 Å². The van der Waals surface area contributed by atoms with Crippen LogP contribution < -0.4 is 10.6 Å². The van der Waals surface area contributed by atoms with Crippen LogP contribution in [0.2, 0.25) is 0 Å². The number of hydrogen-bond acceptors (Lipinski definition) is 3. The number of alkyl halides is 1. The van der Waals surface area contributed by atoms with Gasteiger partial charge in [-0.2, -0.15) is 0 Å². The molecule has 0 radical (unpaired) electrons. The van der Waals surface area contributed by atoms with Crippen LogP contribution in [-0.4, -0.2) is 48.4 Å². The van der Waals surface area contributed by atoms with Crippen LogP contribution in [0.15, 0.2) is 0 Å². The van der Waals surface area contributed by atoms with Gasteiger partial charge < -0.3 is 10.2 Å². The van der Waals surface area contributed by atoms with Crippen molar-refractivity contribution in [2.75, 3.05) is 25.5 Å². The molecule has 0 bridgehead atoms. The van der Waals surface area contributed by atoms with E-state index < -0.39 is 11.9 Å². The Hall–Kier alpha value is -0.810. The number of nitrogens with one attached hydrogen (secondary N) is 2. The zero-order chi connectivity index (χ0) is 12.7. The molecule has 0 aromatic carbocycles. The molecule has 6 heteroatoms. The molecule has 1 heterocycles. The van der Waals surface area contributed by atoms with Crippen LogP contribution in [0.3, 0.4) is 0 Å². The number of hydrogen-bond donors (Lipinski definition) is 2. The predicted molar refractivity (Wildman–Crippen MR) is 67.1 cm³/mol. The molecule has 5 nitrogen and oxygen atoms in total. The van der Waals surface area contributed by atoms with Crippen molar-refractivity contribution in [2.24, 2.45) is 0 Å². The van der Waals surface area contributed by atoms with Gasteiger partial charge in [-0.05, 0) is 32.9 Å². The molecule has 17 heavy (non-hydrogen) atoms. The average Bonchev–Trinajstić information content (AvgIpc) is 2.29. The smallest absolute Gasteiger partial charge is 0.321 e. The van der Waals surface area contributed by atoms with Gasteiger partial charge in [0, 0.05) is 12.6 Å². The second kappa shape index (κ2) is 7.50. The van der Waals surface area contributed by atoms with Crippen molar-refractivity contribution in [1.29, 1.82) is 0 Å². The van der Waals surface area contributed by atoms with Crippen molar-refractivity contribution in [3.05, 3.63) is 0 Å². The minimum absolute atomic E-state index is 0.0243. The molecule has 1 atom stereocenters. The van der Waals surface area contributed by atoms with E-state index in [2.05, 4.69) is 15.5 Å². The standard InChI is InChI=1S/C11H20ClN3O2/c1-9(8-15-5-3-2-4-6-15)13-11(17)14-10(16)7-12/h9H,2-8H2,1H3,(H2,13,14,16,17). The predicted octanol–water partition coefficient (Wildman–Crippen LogP) is 0.925. The second-order valence-corrected chi connectivity index (χ2v) is 4.68. The fourth-order valence-corrected chi connectivity index (χ4v) is 2.06. The lowest BCUT2D eigenvalue weighted by Crippen LogP contribution is -2.48. The Bertz CT molecular complexity index is 267. The lowest BCUT2D eigenvalue weighted by Gasteiger charge is -2.29. The third kappa shape index (κ3) is 5.89. The first-order chi connectivity index (χ1) is 8.11. The average molecular weight is 262 g/mol. The zero-order valence-corrected chi connectivity index (χ0v) is 10.9. The van der Waals surface area contributed by atoms with E-state index in [9.17, 15) is 9.59 Å². The highest BCUT2D eigenvalue weighted by molar-refractivity contribution is 6.28. The molecular formula is C11H20ClN3O2. The van der Waals surface area contributed by atoms with Gasteiger partial charge in [-0.15, -0.1) is 11.6 Å². The molecule has 1 aliphatic rings. The molecule has 0 saturated carbocycles. The molecule has 3 amide bonds. The lowest BCUT2D eigenvalue weighted by molar-refractivity contribution is -0.117. The Kier molecular flexibility index (Phi) is 6.29. The number of piperidine rings is 1. The molecule has 0 spiro atoms. The largest absolute Gasteiger partial charge is 0.334 e. The van der Waals surface area contributed by atoms with Crippen LogP contribution >= 0.6 is 11.6 Å². The first-order valence-electron chi connectivity index (χ1n) is 6.00. The number of imide groups is 1. The van der Waals surface area contributed by atoms with Crippen LogP contribution in [0.1, 0.15) is 26.2 Å². The first kappa shape index (κ1) is 14.3. The minimum atomic E-state index is -0.477. The highest BCUT2D eigenvalue weighted by Gasteiger charge is 2.15. The van der Waals surface area contributed by atoms with E-state index in [1.165, 1.54) is 19.3 Å². The molecule has 1 fully saturated rings. The van der Waals surface area contributed by atoms with Crippen molar-refractivity contribution in [3.8, 4) is 0 Å². The van der Waals surface area contributed by atoms with Crippen molar-refractivity contribution >= 4 is 23.5 Å². The van der Waals surface area contributed by atoms with Crippen molar-refractivity contribution in [1.82, 2.24) is 15.5 Å². The Labute approximate surface area is 107 Å². The molecule has 0 aromatic heterocycles. The fraction of sp³-hybridized carbons (Fsp3) is 0.818. The van der Waals surface area contributed by atoms with Gasteiger partial charge in [-0.1, -0.05) is 6.42 Å². The van der Waals surface area contributed by atoms with Crippen LogP contribution in [0.4, 0.5) is 4.79 Å². The maximum atomic E-state index is 11.3. The van der Waals surface area contributed by atoms with E-state index >= 15 is 0 Å². The summed E-state index contributed by atoms with van der Waals surface area (Å²) in [4.78, 5) is 24.6. The van der Waals surface area contributed by atoms with E-state index in [1.54, 1.807) is 0 Å². The van der Waals surface area contributed by atoms with Crippen molar-refractivity contribution < 1.29 is 9.59 Å². The molecule has 1 rings (SSSR count). The Morgan fingerprint density at radius 1 is 1.29 bits per heavy atom. The molecule has 1 unspecified atom stereocenters. The van der Waals surface area contributed by atoms with Gasteiger partial charge in [-0.3, -0.25) is 10.1 Å². The molecule has 0 aliphatic carbocycles. The minimum Gasteiger partial charge on any atom is -0.334 e. The monoisotopic (exact) mass is 261 g/mol. The van der Waals surface area contributed by atoms with Gasteiger partial charge >= 0.3 is 6.03 Å². The third-order valence-corrected chi connectivity index (χ3v) is 2.98. The highest BCUT2D eigenvalue weighted by atomic mass is 35.5. The molecule has 1 saturated heterocycles. The van der Waals surface area contributed by atoms with Crippen LogP contribution in [-0.2, 0) is 4.79 Å². The van der Waals surface area contributed by atoms with Gasteiger partial charge in [0.1, 0.15) is 5.88 Å². The Morgan fingerprint density at radius 3 is 2.53 bits per heavy atom. The summed E-state index contributed by atoms with van der Waals surface area (Å²) in [6, 6.07) is -0.448. The number of halogens is 1. The number of carbonyl (C=O) groups excluding carboxylic acids is 2. The van der Waals surface area contributed by atoms with E-state index in [-0.39, 0.29) is 11.9 Å². The van der Waals surface area contributed by atoms with Gasteiger partial charge in [-0.25, -0.2) is 4.79 Å². The molecule has 98 valence electrons. The second-order valence-electron chi connectivity index (χ2n) is 4.42. The normalized spacial score (nSPS) is 18.5. The summed E-state index contributed by atoms with van der Waals surface area (Å²) in [6.45, 7) is 4.93.